The van der Waals surface area contributed by atoms with E-state index < -0.39 is 0 Å². The minimum atomic E-state index is -0.0159. The highest BCUT2D eigenvalue weighted by atomic mass is 16.3. The molecule has 0 radical (unpaired) electrons. The lowest BCUT2D eigenvalue weighted by molar-refractivity contribution is -0.134. The number of carbonyl (C=O) groups excluding carboxylic acids is 1. The van der Waals surface area contributed by atoms with Crippen LogP contribution in [-0.2, 0) is 4.79 Å². The van der Waals surface area contributed by atoms with Crippen LogP contribution in [0.25, 0.3) is 0 Å². The summed E-state index contributed by atoms with van der Waals surface area (Å²) in [6.07, 6.45) is 2.65. The van der Waals surface area contributed by atoms with Gasteiger partial charge in [-0.05, 0) is 25.2 Å². The molecule has 0 spiro atoms. The van der Waals surface area contributed by atoms with Gasteiger partial charge in [0.2, 0.25) is 5.91 Å². The van der Waals surface area contributed by atoms with Crippen molar-refractivity contribution in [3.8, 4) is 0 Å². The quantitative estimate of drug-likeness (QED) is 0.687. The van der Waals surface area contributed by atoms with E-state index in [2.05, 4.69) is 0 Å². The molecule has 88 valence electrons. The second kappa shape index (κ2) is 6.08. The minimum absolute atomic E-state index is 0.0159. The first-order chi connectivity index (χ1) is 7.22. The van der Waals surface area contributed by atoms with E-state index in [0.29, 0.717) is 12.5 Å². The van der Waals surface area contributed by atoms with E-state index in [9.17, 15) is 4.79 Å². The van der Waals surface area contributed by atoms with Crippen LogP contribution in [-0.4, -0.2) is 42.2 Å². The SMILES string of the molecule is CCC(CN)C(=O)N1CCC(CCO)C1. The lowest BCUT2D eigenvalue weighted by atomic mass is 10.0. The van der Waals surface area contributed by atoms with Gasteiger partial charge < -0.3 is 15.7 Å². The van der Waals surface area contributed by atoms with Crippen molar-refractivity contribution in [1.82, 2.24) is 4.90 Å². The first kappa shape index (κ1) is 12.5. The highest BCUT2D eigenvalue weighted by molar-refractivity contribution is 5.79. The molecule has 0 saturated carbocycles. The maximum atomic E-state index is 11.9. The minimum Gasteiger partial charge on any atom is -0.396 e. The third kappa shape index (κ3) is 3.18. The molecule has 0 aromatic heterocycles. The topological polar surface area (TPSA) is 66.6 Å². The normalized spacial score (nSPS) is 23.1. The van der Waals surface area contributed by atoms with E-state index in [1.165, 1.54) is 0 Å². The molecule has 1 fully saturated rings. The van der Waals surface area contributed by atoms with E-state index in [1.807, 2.05) is 11.8 Å². The van der Waals surface area contributed by atoms with Crippen LogP contribution >= 0.6 is 0 Å². The van der Waals surface area contributed by atoms with Gasteiger partial charge in [-0.3, -0.25) is 4.79 Å². The third-order valence-electron chi connectivity index (χ3n) is 3.26. The molecular formula is C11H22N2O2. The highest BCUT2D eigenvalue weighted by Gasteiger charge is 2.28. The van der Waals surface area contributed by atoms with Gasteiger partial charge in [-0.1, -0.05) is 6.92 Å². The molecule has 1 rings (SSSR count). The van der Waals surface area contributed by atoms with Gasteiger partial charge in [0.05, 0.1) is 5.92 Å². The molecule has 0 aromatic rings. The van der Waals surface area contributed by atoms with Gasteiger partial charge in [-0.25, -0.2) is 0 Å². The number of rotatable bonds is 5. The van der Waals surface area contributed by atoms with E-state index in [4.69, 9.17) is 10.8 Å². The molecule has 1 aliphatic heterocycles. The van der Waals surface area contributed by atoms with Gasteiger partial charge >= 0.3 is 0 Å². The molecule has 1 aliphatic rings. The van der Waals surface area contributed by atoms with Crippen molar-refractivity contribution in [3.05, 3.63) is 0 Å². The van der Waals surface area contributed by atoms with Crippen molar-refractivity contribution in [1.29, 1.82) is 0 Å². The Labute approximate surface area is 91.4 Å². The summed E-state index contributed by atoms with van der Waals surface area (Å²) >= 11 is 0. The number of nitrogens with zero attached hydrogens (tertiary/aromatic N) is 1. The summed E-state index contributed by atoms with van der Waals surface area (Å²) < 4.78 is 0. The number of likely N-dealkylation sites (tertiary alicyclic amines) is 1. The fraction of sp³-hybridized carbons (Fsp3) is 0.909. The van der Waals surface area contributed by atoms with Crippen LogP contribution in [0.3, 0.4) is 0 Å². The molecule has 3 N–H and O–H groups in total. The van der Waals surface area contributed by atoms with Crippen LogP contribution in [0.1, 0.15) is 26.2 Å². The van der Waals surface area contributed by atoms with Crippen LogP contribution in [0.2, 0.25) is 0 Å². The van der Waals surface area contributed by atoms with Gasteiger partial charge in [0.15, 0.2) is 0 Å². The maximum absolute atomic E-state index is 11.9. The van der Waals surface area contributed by atoms with E-state index in [0.717, 1.165) is 32.4 Å². The number of carbonyl (C=O) groups is 1. The Morgan fingerprint density at radius 3 is 2.93 bits per heavy atom. The van der Waals surface area contributed by atoms with Crippen LogP contribution in [0, 0.1) is 11.8 Å². The van der Waals surface area contributed by atoms with Crippen molar-refractivity contribution in [3.63, 3.8) is 0 Å². The molecular weight excluding hydrogens is 192 g/mol. The molecule has 2 atom stereocenters. The van der Waals surface area contributed by atoms with Gasteiger partial charge in [0.25, 0.3) is 0 Å². The maximum Gasteiger partial charge on any atom is 0.226 e. The van der Waals surface area contributed by atoms with Crippen LogP contribution in [0.15, 0.2) is 0 Å². The van der Waals surface area contributed by atoms with Crippen LogP contribution in [0.5, 0.6) is 0 Å². The van der Waals surface area contributed by atoms with Gasteiger partial charge in [-0.15, -0.1) is 0 Å². The summed E-state index contributed by atoms with van der Waals surface area (Å²) in [6, 6.07) is 0. The lowest BCUT2D eigenvalue weighted by Gasteiger charge is -2.21. The second-order valence-electron chi connectivity index (χ2n) is 4.29. The zero-order valence-electron chi connectivity index (χ0n) is 9.48. The van der Waals surface area contributed by atoms with Crippen molar-refractivity contribution in [2.24, 2.45) is 17.6 Å². The third-order valence-corrected chi connectivity index (χ3v) is 3.26. The average Bonchev–Trinajstić information content (AvgIpc) is 2.68. The number of aliphatic hydroxyl groups excluding tert-OH is 1. The smallest absolute Gasteiger partial charge is 0.226 e. The molecule has 4 nitrogen and oxygen atoms in total. The molecule has 0 aliphatic carbocycles. The van der Waals surface area contributed by atoms with E-state index in [1.54, 1.807) is 0 Å². The standard InChI is InChI=1S/C11H22N2O2/c1-2-10(7-12)11(15)13-5-3-9(8-13)4-6-14/h9-10,14H,2-8,12H2,1H3. The number of hydrogen-bond donors (Lipinski definition) is 2. The number of hydrogen-bond acceptors (Lipinski definition) is 3. The summed E-state index contributed by atoms with van der Waals surface area (Å²) in [5.74, 6) is 0.660. The Bertz CT molecular complexity index is 205. The van der Waals surface area contributed by atoms with Crippen molar-refractivity contribution in [2.45, 2.75) is 26.2 Å². The molecule has 1 saturated heterocycles. The fourth-order valence-corrected chi connectivity index (χ4v) is 2.15. The number of amides is 1. The largest absolute Gasteiger partial charge is 0.396 e. The molecule has 0 bridgehead atoms. The number of nitrogens with two attached hydrogens (primary N) is 1. The summed E-state index contributed by atoms with van der Waals surface area (Å²) in [5.41, 5.74) is 5.56. The predicted molar refractivity (Wildman–Crippen MR) is 59.2 cm³/mol. The van der Waals surface area contributed by atoms with Crippen LogP contribution < -0.4 is 5.73 Å². The van der Waals surface area contributed by atoms with Crippen molar-refractivity contribution < 1.29 is 9.90 Å². The zero-order valence-corrected chi connectivity index (χ0v) is 9.48. The second-order valence-corrected chi connectivity index (χ2v) is 4.29. The van der Waals surface area contributed by atoms with E-state index >= 15 is 0 Å². The fourth-order valence-electron chi connectivity index (χ4n) is 2.15. The van der Waals surface area contributed by atoms with Gasteiger partial charge in [-0.2, -0.15) is 0 Å². The van der Waals surface area contributed by atoms with Crippen LogP contribution in [0.4, 0.5) is 0 Å². The monoisotopic (exact) mass is 214 g/mol. The van der Waals surface area contributed by atoms with Gasteiger partial charge in [0, 0.05) is 26.2 Å². The highest BCUT2D eigenvalue weighted by Crippen LogP contribution is 2.21. The first-order valence-corrected chi connectivity index (χ1v) is 5.82. The summed E-state index contributed by atoms with van der Waals surface area (Å²) in [7, 11) is 0. The Hall–Kier alpha value is -0.610. The molecule has 1 heterocycles. The predicted octanol–water partition coefficient (Wildman–Crippen LogP) is 0.202. The molecule has 4 heteroatoms. The molecule has 1 amide bonds. The average molecular weight is 214 g/mol. The number of aliphatic hydroxyl groups is 1. The summed E-state index contributed by atoms with van der Waals surface area (Å²) in [6.45, 7) is 4.30. The summed E-state index contributed by atoms with van der Waals surface area (Å²) in [4.78, 5) is 13.8. The zero-order chi connectivity index (χ0) is 11.3. The Morgan fingerprint density at radius 1 is 1.67 bits per heavy atom. The Morgan fingerprint density at radius 2 is 2.40 bits per heavy atom. The Balaban J connectivity index is 2.42. The van der Waals surface area contributed by atoms with E-state index in [-0.39, 0.29) is 18.4 Å². The summed E-state index contributed by atoms with van der Waals surface area (Å²) in [5, 5.41) is 8.83. The molecule has 2 unspecified atom stereocenters. The Kier molecular flexibility index (Phi) is 5.05. The lowest BCUT2D eigenvalue weighted by Crippen LogP contribution is -2.37. The molecule has 15 heavy (non-hydrogen) atoms. The van der Waals surface area contributed by atoms with Crippen molar-refractivity contribution >= 4 is 5.91 Å². The molecule has 0 aromatic carbocycles. The van der Waals surface area contributed by atoms with Gasteiger partial charge in [0.1, 0.15) is 0 Å². The van der Waals surface area contributed by atoms with Crippen molar-refractivity contribution in [2.75, 3.05) is 26.2 Å². The first-order valence-electron chi connectivity index (χ1n) is 5.82.